The molecule has 1 aromatic heterocycles. The molecule has 0 unspecified atom stereocenters. The maximum absolute atomic E-state index is 5.48. The van der Waals surface area contributed by atoms with Gasteiger partial charge < -0.3 is 29.6 Å². The predicted molar refractivity (Wildman–Crippen MR) is 111 cm³/mol. The zero-order valence-electron chi connectivity index (χ0n) is 15.7. The molecule has 0 saturated carbocycles. The van der Waals surface area contributed by atoms with Crippen molar-refractivity contribution in [1.82, 2.24) is 9.97 Å². The molecule has 8 nitrogen and oxygen atoms in total. The largest absolute Gasteiger partial charge is 0.454 e. The first-order valence-corrected chi connectivity index (χ1v) is 9.42. The molecule has 6 rings (SSSR count). The smallest absolute Gasteiger partial charge is 0.231 e. The summed E-state index contributed by atoms with van der Waals surface area (Å²) in [6.07, 6.45) is 0. The van der Waals surface area contributed by atoms with Crippen LogP contribution in [0.5, 0.6) is 23.0 Å². The number of ether oxygens (including phenoxy) is 4. The van der Waals surface area contributed by atoms with E-state index in [1.165, 1.54) is 0 Å². The van der Waals surface area contributed by atoms with Crippen LogP contribution in [-0.2, 0) is 0 Å². The van der Waals surface area contributed by atoms with Gasteiger partial charge in [0.25, 0.3) is 0 Å². The Labute approximate surface area is 171 Å². The molecule has 0 spiro atoms. The number of aromatic nitrogens is 2. The molecule has 0 amide bonds. The second kappa shape index (κ2) is 6.70. The van der Waals surface area contributed by atoms with Crippen molar-refractivity contribution in [2.24, 2.45) is 0 Å². The maximum atomic E-state index is 5.48. The number of para-hydroxylation sites is 2. The fourth-order valence-electron chi connectivity index (χ4n) is 3.40. The van der Waals surface area contributed by atoms with Crippen LogP contribution < -0.4 is 29.6 Å². The molecule has 8 heteroatoms. The van der Waals surface area contributed by atoms with Gasteiger partial charge in [0.2, 0.25) is 13.6 Å². The van der Waals surface area contributed by atoms with Crippen LogP contribution in [0.1, 0.15) is 0 Å². The molecule has 0 aliphatic carbocycles. The maximum Gasteiger partial charge on any atom is 0.231 e. The van der Waals surface area contributed by atoms with Crippen LogP contribution in [0.15, 0.2) is 60.7 Å². The molecule has 0 bridgehead atoms. The van der Waals surface area contributed by atoms with Gasteiger partial charge in [-0.1, -0.05) is 12.1 Å². The lowest BCUT2D eigenvalue weighted by molar-refractivity contribution is 0.173. The van der Waals surface area contributed by atoms with Gasteiger partial charge in [-0.05, 0) is 36.4 Å². The Hall–Kier alpha value is -4.20. The molecule has 3 aromatic carbocycles. The lowest BCUT2D eigenvalue weighted by Gasteiger charge is -2.14. The fraction of sp³-hybridized carbons (Fsp3) is 0.0909. The van der Waals surface area contributed by atoms with Gasteiger partial charge in [-0.15, -0.1) is 0 Å². The molecular formula is C22H16N4O4. The predicted octanol–water partition coefficient (Wildman–Crippen LogP) is 4.57. The van der Waals surface area contributed by atoms with E-state index in [1.54, 1.807) is 0 Å². The Balaban J connectivity index is 1.39. The standard InChI is InChI=1S/C22H16N4O4/c1-2-4-16-15(3-1)25-21(23-13-5-7-17-19(9-13)29-11-27-17)22(26-16)24-14-6-8-18-20(10-14)30-12-28-18/h1-10H,11-12H2,(H,23,25)(H,24,26). The molecule has 148 valence electrons. The highest BCUT2D eigenvalue weighted by Crippen LogP contribution is 2.38. The minimum absolute atomic E-state index is 0.228. The SMILES string of the molecule is c1ccc2nc(Nc3ccc4c(c3)OCO4)c(Nc3ccc4c(c3)OCO4)nc2c1. The van der Waals surface area contributed by atoms with E-state index in [4.69, 9.17) is 28.9 Å². The van der Waals surface area contributed by atoms with Crippen LogP contribution in [0.25, 0.3) is 11.0 Å². The summed E-state index contributed by atoms with van der Waals surface area (Å²) < 4.78 is 21.7. The van der Waals surface area contributed by atoms with Crippen LogP contribution in [0, 0.1) is 0 Å². The number of anilines is 4. The number of benzene rings is 3. The molecule has 2 N–H and O–H groups in total. The van der Waals surface area contributed by atoms with E-state index in [2.05, 4.69) is 10.6 Å². The average molecular weight is 400 g/mol. The summed E-state index contributed by atoms with van der Waals surface area (Å²) in [6, 6.07) is 19.0. The molecule has 0 fully saturated rings. The summed E-state index contributed by atoms with van der Waals surface area (Å²) in [7, 11) is 0. The Morgan fingerprint density at radius 2 is 1.03 bits per heavy atom. The van der Waals surface area contributed by atoms with E-state index in [0.717, 1.165) is 33.9 Å². The zero-order chi connectivity index (χ0) is 19.9. The lowest BCUT2D eigenvalue weighted by atomic mass is 10.2. The average Bonchev–Trinajstić information content (AvgIpc) is 3.42. The van der Waals surface area contributed by atoms with Crippen molar-refractivity contribution in [1.29, 1.82) is 0 Å². The molecule has 0 radical (unpaired) electrons. The number of nitrogens with one attached hydrogen (secondary N) is 2. The summed E-state index contributed by atoms with van der Waals surface area (Å²) in [5.41, 5.74) is 3.21. The Morgan fingerprint density at radius 3 is 1.53 bits per heavy atom. The number of fused-ring (bicyclic) bond motifs is 3. The van der Waals surface area contributed by atoms with Crippen molar-refractivity contribution in [3.8, 4) is 23.0 Å². The van der Waals surface area contributed by atoms with E-state index in [9.17, 15) is 0 Å². The van der Waals surface area contributed by atoms with Crippen molar-refractivity contribution >= 4 is 34.0 Å². The molecule has 2 aliphatic rings. The van der Waals surface area contributed by atoms with Crippen LogP contribution in [0.4, 0.5) is 23.0 Å². The van der Waals surface area contributed by atoms with Gasteiger partial charge in [0.15, 0.2) is 34.6 Å². The van der Waals surface area contributed by atoms with Crippen molar-refractivity contribution < 1.29 is 18.9 Å². The van der Waals surface area contributed by atoms with Gasteiger partial charge in [-0.25, -0.2) is 9.97 Å². The highest BCUT2D eigenvalue weighted by Gasteiger charge is 2.17. The van der Waals surface area contributed by atoms with Gasteiger partial charge in [0.05, 0.1) is 11.0 Å². The van der Waals surface area contributed by atoms with Crippen LogP contribution in [-0.4, -0.2) is 23.6 Å². The van der Waals surface area contributed by atoms with Crippen LogP contribution in [0.3, 0.4) is 0 Å². The summed E-state index contributed by atoms with van der Waals surface area (Å²) in [4.78, 5) is 9.54. The van der Waals surface area contributed by atoms with Gasteiger partial charge in [-0.3, -0.25) is 0 Å². The van der Waals surface area contributed by atoms with E-state index < -0.39 is 0 Å². The van der Waals surface area contributed by atoms with Crippen molar-refractivity contribution in [3.63, 3.8) is 0 Å². The summed E-state index contributed by atoms with van der Waals surface area (Å²) in [6.45, 7) is 0.455. The van der Waals surface area contributed by atoms with Gasteiger partial charge in [0, 0.05) is 23.5 Å². The minimum Gasteiger partial charge on any atom is -0.454 e. The van der Waals surface area contributed by atoms with Gasteiger partial charge in [0.1, 0.15) is 0 Å². The molecule has 0 saturated heterocycles. The third kappa shape index (κ3) is 2.95. The second-order valence-corrected chi connectivity index (χ2v) is 6.80. The highest BCUT2D eigenvalue weighted by molar-refractivity contribution is 5.83. The number of hydrogen-bond acceptors (Lipinski definition) is 8. The first-order valence-electron chi connectivity index (χ1n) is 9.42. The number of hydrogen-bond donors (Lipinski definition) is 2. The van der Waals surface area contributed by atoms with E-state index in [0.29, 0.717) is 23.1 Å². The third-order valence-corrected chi connectivity index (χ3v) is 4.84. The number of nitrogens with zero attached hydrogens (tertiary/aromatic N) is 2. The second-order valence-electron chi connectivity index (χ2n) is 6.80. The fourth-order valence-corrected chi connectivity index (χ4v) is 3.40. The first kappa shape index (κ1) is 16.7. The van der Waals surface area contributed by atoms with E-state index >= 15 is 0 Å². The van der Waals surface area contributed by atoms with Crippen LogP contribution in [0.2, 0.25) is 0 Å². The molecular weight excluding hydrogens is 384 g/mol. The lowest BCUT2D eigenvalue weighted by Crippen LogP contribution is -2.03. The van der Waals surface area contributed by atoms with Crippen molar-refractivity contribution in [3.05, 3.63) is 60.7 Å². The van der Waals surface area contributed by atoms with Crippen molar-refractivity contribution in [2.75, 3.05) is 24.2 Å². The minimum atomic E-state index is 0.228. The summed E-state index contributed by atoms with van der Waals surface area (Å²) in [5, 5.41) is 6.68. The molecule has 4 aromatic rings. The van der Waals surface area contributed by atoms with Crippen molar-refractivity contribution in [2.45, 2.75) is 0 Å². The quantitative estimate of drug-likeness (QED) is 0.515. The topological polar surface area (TPSA) is 86.8 Å². The monoisotopic (exact) mass is 400 g/mol. The molecule has 2 aliphatic heterocycles. The highest BCUT2D eigenvalue weighted by atomic mass is 16.7. The van der Waals surface area contributed by atoms with Gasteiger partial charge in [-0.2, -0.15) is 0 Å². The normalized spacial score (nSPS) is 13.5. The van der Waals surface area contributed by atoms with E-state index in [-0.39, 0.29) is 13.6 Å². The summed E-state index contributed by atoms with van der Waals surface area (Å²) >= 11 is 0. The number of rotatable bonds is 4. The zero-order valence-corrected chi connectivity index (χ0v) is 15.7. The van der Waals surface area contributed by atoms with Crippen LogP contribution >= 0.6 is 0 Å². The third-order valence-electron chi connectivity index (χ3n) is 4.84. The molecule has 30 heavy (non-hydrogen) atoms. The Kier molecular flexibility index (Phi) is 3.73. The Morgan fingerprint density at radius 1 is 0.567 bits per heavy atom. The summed E-state index contributed by atoms with van der Waals surface area (Å²) in [5.74, 6) is 4.02. The van der Waals surface area contributed by atoms with Gasteiger partial charge >= 0.3 is 0 Å². The molecule has 3 heterocycles. The molecule has 0 atom stereocenters. The van der Waals surface area contributed by atoms with E-state index in [1.807, 2.05) is 60.7 Å². The first-order chi connectivity index (χ1) is 14.8. The Bertz CT molecular complexity index is 1180.